The highest BCUT2D eigenvalue weighted by molar-refractivity contribution is 5.85. The number of carbonyl (C=O) groups excluding carboxylic acids is 2. The molecule has 0 saturated heterocycles. The van der Waals surface area contributed by atoms with E-state index in [1.54, 1.807) is 0 Å². The van der Waals surface area contributed by atoms with E-state index >= 15 is 0 Å². The van der Waals surface area contributed by atoms with Gasteiger partial charge < -0.3 is 15.2 Å². The van der Waals surface area contributed by atoms with Gasteiger partial charge in [-0.2, -0.15) is 0 Å². The molecule has 0 heterocycles. The van der Waals surface area contributed by atoms with Crippen LogP contribution in [0.25, 0.3) is 0 Å². The molecule has 3 rings (SSSR count). The van der Waals surface area contributed by atoms with Gasteiger partial charge in [-0.1, -0.05) is 30.3 Å². The first-order valence-corrected chi connectivity index (χ1v) is 7.19. The van der Waals surface area contributed by atoms with Crippen molar-refractivity contribution in [1.82, 2.24) is 5.32 Å². The van der Waals surface area contributed by atoms with Crippen molar-refractivity contribution in [3.63, 3.8) is 0 Å². The number of fused-ring (bicyclic) bond motifs is 2. The van der Waals surface area contributed by atoms with Crippen LogP contribution in [0.15, 0.2) is 30.3 Å². The molecule has 2 fully saturated rings. The summed E-state index contributed by atoms with van der Waals surface area (Å²) in [5.74, 6) is -1.82. The van der Waals surface area contributed by atoms with Gasteiger partial charge in [0.1, 0.15) is 0 Å². The molecule has 0 spiro atoms. The quantitative estimate of drug-likeness (QED) is 0.878. The van der Waals surface area contributed by atoms with Gasteiger partial charge >= 0.3 is 0 Å². The molecule has 0 radical (unpaired) electrons. The molecule has 1 N–H and O–H groups in total. The fourth-order valence-corrected chi connectivity index (χ4v) is 3.91. The van der Waals surface area contributed by atoms with Gasteiger partial charge in [0.05, 0.1) is 0 Å². The second kappa shape index (κ2) is 5.27. The summed E-state index contributed by atoms with van der Waals surface area (Å²) in [4.78, 5) is 23.6. The maximum absolute atomic E-state index is 12.3. The lowest BCUT2D eigenvalue weighted by molar-refractivity contribution is -0.314. The summed E-state index contributed by atoms with van der Waals surface area (Å²) in [6.45, 7) is 0.452. The molecule has 0 aliphatic heterocycles. The molecule has 1 amide bonds. The summed E-state index contributed by atoms with van der Waals surface area (Å²) >= 11 is 0. The van der Waals surface area contributed by atoms with Crippen molar-refractivity contribution in [1.29, 1.82) is 0 Å². The van der Waals surface area contributed by atoms with Crippen molar-refractivity contribution in [2.24, 2.45) is 23.7 Å². The largest absolute Gasteiger partial charge is 0.550 e. The van der Waals surface area contributed by atoms with Gasteiger partial charge in [0.25, 0.3) is 0 Å². The van der Waals surface area contributed by atoms with Crippen LogP contribution in [0, 0.1) is 23.7 Å². The van der Waals surface area contributed by atoms with Crippen molar-refractivity contribution in [2.45, 2.75) is 25.8 Å². The van der Waals surface area contributed by atoms with E-state index in [1.807, 2.05) is 30.3 Å². The molecule has 20 heavy (non-hydrogen) atoms. The molecule has 0 unspecified atom stereocenters. The average Bonchev–Trinajstić information content (AvgIpc) is 3.06. The molecule has 2 aliphatic rings. The molecule has 4 nitrogen and oxygen atoms in total. The Morgan fingerprint density at radius 1 is 1.10 bits per heavy atom. The minimum absolute atomic E-state index is 0.129. The highest BCUT2D eigenvalue weighted by atomic mass is 16.4. The fraction of sp³-hybridized carbons (Fsp3) is 0.500. The van der Waals surface area contributed by atoms with Crippen LogP contribution in [0.1, 0.15) is 24.8 Å². The lowest BCUT2D eigenvalue weighted by atomic mass is 9.78. The number of hydrogen-bond acceptors (Lipinski definition) is 3. The number of rotatable bonds is 4. The second-order valence-electron chi connectivity index (χ2n) is 5.91. The highest BCUT2D eigenvalue weighted by Crippen LogP contribution is 2.52. The Hall–Kier alpha value is -1.84. The molecule has 106 valence electrons. The number of carboxylic acid groups (broad SMARTS) is 1. The van der Waals surface area contributed by atoms with E-state index in [4.69, 9.17) is 0 Å². The van der Waals surface area contributed by atoms with Crippen LogP contribution in [-0.2, 0) is 16.1 Å². The van der Waals surface area contributed by atoms with E-state index in [2.05, 4.69) is 5.32 Å². The predicted molar refractivity (Wildman–Crippen MR) is 71.1 cm³/mol. The summed E-state index contributed by atoms with van der Waals surface area (Å²) < 4.78 is 0. The molecular formula is C16H18NO3-. The Bertz CT molecular complexity index is 514. The van der Waals surface area contributed by atoms with Crippen molar-refractivity contribution in [3.8, 4) is 0 Å². The van der Waals surface area contributed by atoms with Crippen LogP contribution in [0.4, 0.5) is 0 Å². The standard InChI is InChI=1S/C16H19NO3/c18-15(17-9-10-4-2-1-3-5-10)13-11-6-7-12(8-11)14(13)16(19)20/h1-5,11-14H,6-9H2,(H,17,18)(H,19,20)/p-1/t11-,12+,13-,14+/m1/s1. The number of benzene rings is 1. The van der Waals surface area contributed by atoms with Crippen LogP contribution in [0.2, 0.25) is 0 Å². The van der Waals surface area contributed by atoms with E-state index in [0.717, 1.165) is 24.8 Å². The summed E-state index contributed by atoms with van der Waals surface area (Å²) in [5, 5.41) is 14.2. The minimum Gasteiger partial charge on any atom is -0.550 e. The number of hydrogen-bond donors (Lipinski definition) is 1. The molecule has 1 aromatic rings. The van der Waals surface area contributed by atoms with E-state index in [1.165, 1.54) is 0 Å². The first-order chi connectivity index (χ1) is 9.66. The number of nitrogens with one attached hydrogen (secondary N) is 1. The lowest BCUT2D eigenvalue weighted by Crippen LogP contribution is -2.45. The Balaban J connectivity index is 1.66. The number of amides is 1. The third kappa shape index (κ3) is 2.30. The van der Waals surface area contributed by atoms with Gasteiger partial charge in [-0.25, -0.2) is 0 Å². The van der Waals surface area contributed by atoms with Gasteiger partial charge in [0, 0.05) is 24.3 Å². The zero-order valence-electron chi connectivity index (χ0n) is 11.2. The van der Waals surface area contributed by atoms with Crippen LogP contribution in [0.5, 0.6) is 0 Å². The summed E-state index contributed by atoms with van der Waals surface area (Å²) in [6, 6.07) is 9.65. The third-order valence-electron chi connectivity index (χ3n) is 4.80. The van der Waals surface area contributed by atoms with Crippen molar-refractivity contribution in [2.75, 3.05) is 0 Å². The lowest BCUT2D eigenvalue weighted by Gasteiger charge is -2.30. The Morgan fingerprint density at radius 3 is 2.40 bits per heavy atom. The molecule has 0 aromatic heterocycles. The van der Waals surface area contributed by atoms with Crippen molar-refractivity contribution >= 4 is 11.9 Å². The van der Waals surface area contributed by atoms with Crippen LogP contribution < -0.4 is 10.4 Å². The first-order valence-electron chi connectivity index (χ1n) is 7.19. The predicted octanol–water partition coefficient (Wildman–Crippen LogP) is 0.715. The SMILES string of the molecule is O=C(NCc1ccccc1)[C@@H]1[C@@H]2CC[C@@H](C2)[C@@H]1C(=O)[O-]. The van der Waals surface area contributed by atoms with E-state index in [-0.39, 0.29) is 17.7 Å². The second-order valence-corrected chi connectivity index (χ2v) is 5.91. The number of carboxylic acids is 1. The Labute approximate surface area is 118 Å². The molecule has 2 bridgehead atoms. The Kier molecular flexibility index (Phi) is 3.47. The van der Waals surface area contributed by atoms with Gasteiger partial charge in [0.2, 0.25) is 5.91 Å². The first kappa shape index (κ1) is 13.2. The molecule has 2 saturated carbocycles. The normalized spacial score (nSPS) is 31.2. The van der Waals surface area contributed by atoms with Crippen LogP contribution >= 0.6 is 0 Å². The number of aliphatic carboxylic acids is 1. The minimum atomic E-state index is -1.06. The molecule has 2 aliphatic carbocycles. The van der Waals surface area contributed by atoms with Gasteiger partial charge in [-0.3, -0.25) is 4.79 Å². The topological polar surface area (TPSA) is 69.2 Å². The van der Waals surface area contributed by atoms with Gasteiger partial charge in [-0.05, 0) is 36.7 Å². The van der Waals surface area contributed by atoms with Gasteiger partial charge in [-0.15, -0.1) is 0 Å². The molecule has 4 heteroatoms. The monoisotopic (exact) mass is 272 g/mol. The third-order valence-corrected chi connectivity index (χ3v) is 4.80. The maximum Gasteiger partial charge on any atom is 0.224 e. The molecular weight excluding hydrogens is 254 g/mol. The van der Waals surface area contributed by atoms with Crippen LogP contribution in [-0.4, -0.2) is 11.9 Å². The Morgan fingerprint density at radius 2 is 1.75 bits per heavy atom. The summed E-state index contributed by atoms with van der Waals surface area (Å²) in [7, 11) is 0. The molecule has 1 aromatic carbocycles. The van der Waals surface area contributed by atoms with Gasteiger partial charge in [0.15, 0.2) is 0 Å². The van der Waals surface area contributed by atoms with E-state index < -0.39 is 17.8 Å². The smallest absolute Gasteiger partial charge is 0.224 e. The number of carbonyl (C=O) groups is 2. The van der Waals surface area contributed by atoms with E-state index in [9.17, 15) is 14.7 Å². The van der Waals surface area contributed by atoms with Crippen molar-refractivity contribution in [3.05, 3.63) is 35.9 Å². The average molecular weight is 272 g/mol. The zero-order chi connectivity index (χ0) is 14.1. The molecule has 4 atom stereocenters. The van der Waals surface area contributed by atoms with E-state index in [0.29, 0.717) is 6.54 Å². The fourth-order valence-electron chi connectivity index (χ4n) is 3.91. The van der Waals surface area contributed by atoms with Crippen LogP contribution in [0.3, 0.4) is 0 Å². The summed E-state index contributed by atoms with van der Waals surface area (Å²) in [5.41, 5.74) is 1.02. The highest BCUT2D eigenvalue weighted by Gasteiger charge is 2.51. The van der Waals surface area contributed by atoms with Crippen molar-refractivity contribution < 1.29 is 14.7 Å². The zero-order valence-corrected chi connectivity index (χ0v) is 11.2. The summed E-state index contributed by atoms with van der Waals surface area (Å²) in [6.07, 6.45) is 2.76. The maximum atomic E-state index is 12.3.